The third-order valence-corrected chi connectivity index (χ3v) is 4.88. The van der Waals surface area contributed by atoms with Gasteiger partial charge in [0.1, 0.15) is 11.5 Å². The molecule has 0 saturated heterocycles. The molecule has 1 aromatic carbocycles. The molecular formula is C19H20FN3O2. The number of carbonyl (C=O) groups excluding carboxylic acids is 2. The summed E-state index contributed by atoms with van der Waals surface area (Å²) < 4.78 is 13.2. The van der Waals surface area contributed by atoms with Gasteiger partial charge in [0.15, 0.2) is 0 Å². The summed E-state index contributed by atoms with van der Waals surface area (Å²) in [6.07, 6.45) is 5.43. The first kappa shape index (κ1) is 17.1. The lowest BCUT2D eigenvalue weighted by atomic mass is 9.78. The van der Waals surface area contributed by atoms with Crippen LogP contribution in [0.15, 0.2) is 42.6 Å². The number of primary amides is 1. The van der Waals surface area contributed by atoms with Gasteiger partial charge in [0.25, 0.3) is 11.8 Å². The zero-order valence-electron chi connectivity index (χ0n) is 13.8. The Kier molecular flexibility index (Phi) is 4.79. The van der Waals surface area contributed by atoms with Crippen LogP contribution in [-0.2, 0) is 5.41 Å². The number of rotatable bonds is 5. The van der Waals surface area contributed by atoms with Crippen LogP contribution < -0.4 is 11.1 Å². The Morgan fingerprint density at radius 2 is 1.80 bits per heavy atom. The van der Waals surface area contributed by atoms with Crippen molar-refractivity contribution in [2.45, 2.75) is 31.1 Å². The van der Waals surface area contributed by atoms with Crippen molar-refractivity contribution < 1.29 is 14.0 Å². The van der Waals surface area contributed by atoms with Crippen molar-refractivity contribution in [1.82, 2.24) is 10.3 Å². The lowest BCUT2D eigenvalue weighted by Gasteiger charge is -2.30. The summed E-state index contributed by atoms with van der Waals surface area (Å²) in [6, 6.07) is 9.49. The second-order valence-corrected chi connectivity index (χ2v) is 6.47. The summed E-state index contributed by atoms with van der Waals surface area (Å²) in [5, 5.41) is 2.95. The number of halogens is 1. The van der Waals surface area contributed by atoms with Crippen molar-refractivity contribution in [3.05, 3.63) is 65.2 Å². The van der Waals surface area contributed by atoms with Crippen LogP contribution in [0.1, 0.15) is 52.1 Å². The molecule has 1 saturated carbocycles. The number of hydrogen-bond donors (Lipinski definition) is 2. The lowest BCUT2D eigenvalue weighted by molar-refractivity contribution is 0.0939. The predicted octanol–water partition coefficient (Wildman–Crippen LogP) is 2.56. The molecule has 0 aliphatic heterocycles. The van der Waals surface area contributed by atoms with E-state index in [4.69, 9.17) is 5.73 Å². The fourth-order valence-electron chi connectivity index (χ4n) is 3.45. The van der Waals surface area contributed by atoms with Crippen LogP contribution >= 0.6 is 0 Å². The van der Waals surface area contributed by atoms with Crippen molar-refractivity contribution in [3.8, 4) is 0 Å². The molecule has 6 heteroatoms. The molecule has 2 amide bonds. The molecule has 2 aromatic rings. The second kappa shape index (κ2) is 7.01. The number of nitrogens with two attached hydrogens (primary N) is 1. The van der Waals surface area contributed by atoms with E-state index in [-0.39, 0.29) is 22.8 Å². The molecule has 3 rings (SSSR count). The number of hydrogen-bond acceptors (Lipinski definition) is 3. The number of amides is 2. The van der Waals surface area contributed by atoms with Crippen LogP contribution in [0.25, 0.3) is 0 Å². The molecule has 5 nitrogen and oxygen atoms in total. The number of carbonyl (C=O) groups is 2. The first-order valence-electron chi connectivity index (χ1n) is 8.30. The minimum absolute atomic E-state index is 0.120. The quantitative estimate of drug-likeness (QED) is 0.876. The highest BCUT2D eigenvalue weighted by Crippen LogP contribution is 2.40. The monoisotopic (exact) mass is 341 g/mol. The Morgan fingerprint density at radius 1 is 1.12 bits per heavy atom. The van der Waals surface area contributed by atoms with E-state index < -0.39 is 5.91 Å². The summed E-state index contributed by atoms with van der Waals surface area (Å²) in [5.74, 6) is -1.15. The van der Waals surface area contributed by atoms with Crippen molar-refractivity contribution in [1.29, 1.82) is 0 Å². The van der Waals surface area contributed by atoms with Gasteiger partial charge in [-0.15, -0.1) is 0 Å². The average Bonchev–Trinajstić information content (AvgIpc) is 3.10. The molecular weight excluding hydrogens is 321 g/mol. The van der Waals surface area contributed by atoms with Gasteiger partial charge in [-0.05, 0) is 42.7 Å². The first-order chi connectivity index (χ1) is 12.0. The van der Waals surface area contributed by atoms with Gasteiger partial charge in [-0.1, -0.05) is 25.0 Å². The molecule has 1 aliphatic carbocycles. The van der Waals surface area contributed by atoms with E-state index in [9.17, 15) is 14.0 Å². The van der Waals surface area contributed by atoms with Crippen LogP contribution in [0.5, 0.6) is 0 Å². The summed E-state index contributed by atoms with van der Waals surface area (Å²) in [5.41, 5.74) is 6.53. The Balaban J connectivity index is 1.72. The maximum atomic E-state index is 13.2. The standard InChI is InChI=1S/C19H20FN3O2/c20-15-6-4-14(5-7-15)19(9-1-2-10-19)12-23-18(25)13-3-8-16(17(21)24)22-11-13/h3-8,11H,1-2,9-10,12H2,(H2,21,24)(H,23,25). The molecule has 1 fully saturated rings. The highest BCUT2D eigenvalue weighted by Gasteiger charge is 2.36. The van der Waals surface area contributed by atoms with Gasteiger partial charge in [-0.2, -0.15) is 0 Å². The van der Waals surface area contributed by atoms with Crippen molar-refractivity contribution in [2.75, 3.05) is 6.54 Å². The van der Waals surface area contributed by atoms with E-state index >= 15 is 0 Å². The molecule has 3 N–H and O–H groups in total. The van der Waals surface area contributed by atoms with E-state index in [0.717, 1.165) is 31.2 Å². The van der Waals surface area contributed by atoms with Gasteiger partial charge < -0.3 is 11.1 Å². The van der Waals surface area contributed by atoms with Crippen molar-refractivity contribution in [3.63, 3.8) is 0 Å². The average molecular weight is 341 g/mol. The SMILES string of the molecule is NC(=O)c1ccc(C(=O)NCC2(c3ccc(F)cc3)CCCC2)cn1. The number of nitrogens with zero attached hydrogens (tertiary/aromatic N) is 1. The topological polar surface area (TPSA) is 85.1 Å². The Labute approximate surface area is 145 Å². The van der Waals surface area contributed by atoms with E-state index in [1.54, 1.807) is 12.1 Å². The molecule has 1 aromatic heterocycles. The van der Waals surface area contributed by atoms with Gasteiger partial charge in [-0.3, -0.25) is 14.6 Å². The van der Waals surface area contributed by atoms with E-state index in [2.05, 4.69) is 10.3 Å². The van der Waals surface area contributed by atoms with Gasteiger partial charge >= 0.3 is 0 Å². The van der Waals surface area contributed by atoms with E-state index in [1.807, 2.05) is 0 Å². The summed E-state index contributed by atoms with van der Waals surface area (Å²) >= 11 is 0. The van der Waals surface area contributed by atoms with Crippen LogP contribution in [0.3, 0.4) is 0 Å². The van der Waals surface area contributed by atoms with Crippen LogP contribution in [0.2, 0.25) is 0 Å². The zero-order valence-corrected chi connectivity index (χ0v) is 13.8. The molecule has 0 radical (unpaired) electrons. The molecule has 1 aliphatic rings. The highest BCUT2D eigenvalue weighted by atomic mass is 19.1. The van der Waals surface area contributed by atoms with E-state index in [0.29, 0.717) is 12.1 Å². The minimum atomic E-state index is -0.631. The summed E-state index contributed by atoms with van der Waals surface area (Å²) in [4.78, 5) is 27.3. The Bertz CT molecular complexity index is 766. The number of benzene rings is 1. The van der Waals surface area contributed by atoms with Gasteiger partial charge in [0, 0.05) is 18.2 Å². The second-order valence-electron chi connectivity index (χ2n) is 6.47. The molecule has 25 heavy (non-hydrogen) atoms. The van der Waals surface area contributed by atoms with Gasteiger partial charge in [0.2, 0.25) is 0 Å². The van der Waals surface area contributed by atoms with Crippen molar-refractivity contribution >= 4 is 11.8 Å². The number of nitrogens with one attached hydrogen (secondary N) is 1. The third-order valence-electron chi connectivity index (χ3n) is 4.88. The molecule has 0 bridgehead atoms. The molecule has 0 unspecified atom stereocenters. The maximum Gasteiger partial charge on any atom is 0.267 e. The normalized spacial score (nSPS) is 15.7. The number of aromatic nitrogens is 1. The summed E-state index contributed by atoms with van der Waals surface area (Å²) in [7, 11) is 0. The Hall–Kier alpha value is -2.76. The fraction of sp³-hybridized carbons (Fsp3) is 0.316. The van der Waals surface area contributed by atoms with Crippen molar-refractivity contribution in [2.24, 2.45) is 5.73 Å². The van der Waals surface area contributed by atoms with Gasteiger partial charge in [0.05, 0.1) is 5.56 Å². The molecule has 130 valence electrons. The van der Waals surface area contributed by atoms with Crippen LogP contribution in [0, 0.1) is 5.82 Å². The smallest absolute Gasteiger partial charge is 0.267 e. The number of pyridine rings is 1. The highest BCUT2D eigenvalue weighted by molar-refractivity contribution is 5.95. The molecule has 0 atom stereocenters. The lowest BCUT2D eigenvalue weighted by Crippen LogP contribution is -2.39. The van der Waals surface area contributed by atoms with Crippen LogP contribution in [-0.4, -0.2) is 23.3 Å². The maximum absolute atomic E-state index is 13.2. The first-order valence-corrected chi connectivity index (χ1v) is 8.30. The largest absolute Gasteiger partial charge is 0.364 e. The predicted molar refractivity (Wildman–Crippen MR) is 91.6 cm³/mol. The zero-order chi connectivity index (χ0) is 17.9. The van der Waals surface area contributed by atoms with E-state index in [1.165, 1.54) is 30.5 Å². The molecule has 0 spiro atoms. The fourth-order valence-corrected chi connectivity index (χ4v) is 3.45. The third kappa shape index (κ3) is 3.68. The molecule has 1 heterocycles. The van der Waals surface area contributed by atoms with Crippen LogP contribution in [0.4, 0.5) is 4.39 Å². The summed E-state index contributed by atoms with van der Waals surface area (Å²) in [6.45, 7) is 0.481. The minimum Gasteiger partial charge on any atom is -0.364 e. The van der Waals surface area contributed by atoms with Gasteiger partial charge in [-0.25, -0.2) is 4.39 Å². The Morgan fingerprint density at radius 3 is 2.36 bits per heavy atom.